The maximum atomic E-state index is 9.00. The zero-order chi connectivity index (χ0) is 19.5. The zero-order valence-corrected chi connectivity index (χ0v) is 15.2. The molecule has 3 rings (SSSR count). The number of carboxylic acids is 2. The Morgan fingerprint density at radius 3 is 2.23 bits per heavy atom. The highest BCUT2D eigenvalue weighted by Gasteiger charge is 2.19. The van der Waals surface area contributed by atoms with E-state index in [0.29, 0.717) is 6.04 Å². The lowest BCUT2D eigenvalue weighted by Gasteiger charge is -2.14. The van der Waals surface area contributed by atoms with Gasteiger partial charge in [-0.3, -0.25) is 9.59 Å². The molecule has 1 aliphatic rings. The van der Waals surface area contributed by atoms with Crippen molar-refractivity contribution in [3.8, 4) is 17.1 Å². The van der Waals surface area contributed by atoms with E-state index in [-0.39, 0.29) is 0 Å². The monoisotopic (exact) mass is 363 g/mol. The highest BCUT2D eigenvalue weighted by Crippen LogP contribution is 2.25. The minimum absolute atomic E-state index is 0.518. The number of imidazole rings is 1. The molecule has 0 saturated carbocycles. The van der Waals surface area contributed by atoms with Crippen LogP contribution in [0, 0.1) is 0 Å². The number of benzene rings is 1. The molecule has 0 aliphatic carbocycles. The Bertz CT molecular complexity index is 671. The topological polar surface area (TPSA) is 114 Å². The van der Waals surface area contributed by atoms with Gasteiger partial charge in [0.25, 0.3) is 11.9 Å². The van der Waals surface area contributed by atoms with Crippen molar-refractivity contribution in [2.45, 2.75) is 26.3 Å². The van der Waals surface area contributed by atoms with Crippen molar-refractivity contribution >= 4 is 11.9 Å². The Morgan fingerprint density at radius 1 is 1.19 bits per heavy atom. The Kier molecular flexibility index (Phi) is 8.86. The van der Waals surface area contributed by atoms with Gasteiger partial charge in [-0.15, -0.1) is 0 Å². The molecular weight excluding hydrogens is 338 g/mol. The van der Waals surface area contributed by atoms with E-state index in [4.69, 9.17) is 24.5 Å². The number of methoxy groups -OCH3 is 1. The number of aromatic nitrogens is 2. The number of nitrogens with zero attached hydrogens (tertiary/aromatic N) is 2. The lowest BCUT2D eigenvalue weighted by molar-refractivity contribution is -0.135. The molecule has 2 aromatic rings. The average Bonchev–Trinajstić information content (AvgIpc) is 3.25. The third-order valence-electron chi connectivity index (χ3n) is 3.44. The summed E-state index contributed by atoms with van der Waals surface area (Å²) in [5.74, 6) is 0.241. The lowest BCUT2D eigenvalue weighted by atomic mass is 10.2. The Morgan fingerprint density at radius 2 is 1.77 bits per heavy atom. The van der Waals surface area contributed by atoms with Gasteiger partial charge < -0.3 is 24.8 Å². The van der Waals surface area contributed by atoms with Gasteiger partial charge in [0.1, 0.15) is 11.6 Å². The summed E-state index contributed by atoms with van der Waals surface area (Å²) < 4.78 is 7.45. The Balaban J connectivity index is 0.000000360. The second-order valence-corrected chi connectivity index (χ2v) is 5.57. The van der Waals surface area contributed by atoms with Gasteiger partial charge in [-0.2, -0.15) is 0 Å². The van der Waals surface area contributed by atoms with E-state index in [1.54, 1.807) is 7.11 Å². The predicted octanol–water partition coefficient (Wildman–Crippen LogP) is 2.27. The molecule has 1 aromatic carbocycles. The van der Waals surface area contributed by atoms with Gasteiger partial charge in [0.2, 0.25) is 0 Å². The third-order valence-corrected chi connectivity index (χ3v) is 3.44. The molecule has 26 heavy (non-hydrogen) atoms. The quantitative estimate of drug-likeness (QED) is 0.766. The van der Waals surface area contributed by atoms with E-state index in [1.165, 1.54) is 6.42 Å². The van der Waals surface area contributed by atoms with Crippen LogP contribution in [0.15, 0.2) is 36.7 Å². The predicted molar refractivity (Wildman–Crippen MR) is 97.4 cm³/mol. The van der Waals surface area contributed by atoms with Crippen LogP contribution in [-0.2, 0) is 9.59 Å². The lowest BCUT2D eigenvalue weighted by Crippen LogP contribution is -2.13. The van der Waals surface area contributed by atoms with Crippen molar-refractivity contribution in [1.29, 1.82) is 0 Å². The third kappa shape index (κ3) is 7.35. The van der Waals surface area contributed by atoms with Gasteiger partial charge in [-0.1, -0.05) is 0 Å². The molecule has 1 fully saturated rings. The fourth-order valence-corrected chi connectivity index (χ4v) is 2.45. The molecule has 8 heteroatoms. The molecule has 142 valence electrons. The smallest absolute Gasteiger partial charge is 0.300 e. The number of nitrogens with one attached hydrogen (secondary N) is 1. The van der Waals surface area contributed by atoms with E-state index < -0.39 is 11.9 Å². The summed E-state index contributed by atoms with van der Waals surface area (Å²) in [6.45, 7) is 4.28. The molecule has 0 unspecified atom stereocenters. The largest absolute Gasteiger partial charge is 0.497 e. The molecule has 1 atom stereocenters. The molecule has 3 N–H and O–H groups in total. The second kappa shape index (κ2) is 10.9. The highest BCUT2D eigenvalue weighted by atomic mass is 16.5. The molecule has 0 amide bonds. The zero-order valence-electron chi connectivity index (χ0n) is 15.2. The summed E-state index contributed by atoms with van der Waals surface area (Å²) in [4.78, 5) is 22.5. The molecule has 0 bridgehead atoms. The summed E-state index contributed by atoms with van der Waals surface area (Å²) in [5.41, 5.74) is 1.13. The van der Waals surface area contributed by atoms with Crippen LogP contribution in [0.5, 0.6) is 5.75 Å². The summed E-state index contributed by atoms with van der Waals surface area (Å²) in [5, 5.41) is 18.2. The molecule has 0 radical (unpaired) electrons. The number of aliphatic carboxylic acids is 2. The number of carboxylic acid groups (broad SMARTS) is 2. The van der Waals surface area contributed by atoms with E-state index in [2.05, 4.69) is 33.2 Å². The second-order valence-electron chi connectivity index (χ2n) is 5.57. The van der Waals surface area contributed by atoms with Crippen LogP contribution in [-0.4, -0.2) is 51.9 Å². The highest BCUT2D eigenvalue weighted by molar-refractivity contribution is 5.63. The normalized spacial score (nSPS) is 15.1. The first kappa shape index (κ1) is 21.2. The first-order valence-electron chi connectivity index (χ1n) is 8.12. The standard InChI is InChI=1S/C14H17N3O.2C2H4O2/c1-18-13-4-2-11(3-5-13)14-16-8-9-17(14)12-6-7-15-10-12;2*1-2(3)4/h2-5,8-9,12,15H,6-7,10H2,1H3;2*1H3,(H,3,4)/t12-;;/m1../s1. The van der Waals surface area contributed by atoms with Gasteiger partial charge in [0.15, 0.2) is 0 Å². The molecule has 1 aliphatic heterocycles. The number of ether oxygens (including phenoxy) is 1. The average molecular weight is 363 g/mol. The van der Waals surface area contributed by atoms with Crippen LogP contribution >= 0.6 is 0 Å². The van der Waals surface area contributed by atoms with Crippen LogP contribution in [0.1, 0.15) is 26.3 Å². The fraction of sp³-hybridized carbons (Fsp3) is 0.389. The van der Waals surface area contributed by atoms with Crippen LogP contribution in [0.4, 0.5) is 0 Å². The molecule has 0 spiro atoms. The first-order chi connectivity index (χ1) is 12.3. The van der Waals surface area contributed by atoms with E-state index in [0.717, 1.165) is 44.1 Å². The summed E-state index contributed by atoms with van der Waals surface area (Å²) in [6.07, 6.45) is 5.11. The number of hydrogen-bond acceptors (Lipinski definition) is 5. The fourth-order valence-electron chi connectivity index (χ4n) is 2.45. The number of carbonyl (C=O) groups is 2. The van der Waals surface area contributed by atoms with Gasteiger partial charge in [0, 0.05) is 44.4 Å². The van der Waals surface area contributed by atoms with Gasteiger partial charge >= 0.3 is 0 Å². The van der Waals surface area contributed by atoms with Gasteiger partial charge in [-0.05, 0) is 37.2 Å². The maximum absolute atomic E-state index is 9.00. The van der Waals surface area contributed by atoms with Crippen molar-refractivity contribution < 1.29 is 24.5 Å². The maximum Gasteiger partial charge on any atom is 0.300 e. The van der Waals surface area contributed by atoms with Crippen molar-refractivity contribution in [3.05, 3.63) is 36.7 Å². The molecular formula is C18H25N3O5. The van der Waals surface area contributed by atoms with Crippen LogP contribution in [0.3, 0.4) is 0 Å². The summed E-state index contributed by atoms with van der Waals surface area (Å²) >= 11 is 0. The van der Waals surface area contributed by atoms with Crippen LogP contribution < -0.4 is 10.1 Å². The molecule has 2 heterocycles. The minimum atomic E-state index is -0.833. The van der Waals surface area contributed by atoms with Crippen LogP contribution in [0.2, 0.25) is 0 Å². The van der Waals surface area contributed by atoms with Crippen LogP contribution in [0.25, 0.3) is 11.4 Å². The summed E-state index contributed by atoms with van der Waals surface area (Å²) in [7, 11) is 1.68. The van der Waals surface area contributed by atoms with Crippen molar-refractivity contribution in [1.82, 2.24) is 14.9 Å². The minimum Gasteiger partial charge on any atom is -0.497 e. The van der Waals surface area contributed by atoms with E-state index >= 15 is 0 Å². The van der Waals surface area contributed by atoms with Gasteiger partial charge in [-0.25, -0.2) is 4.98 Å². The van der Waals surface area contributed by atoms with Crippen molar-refractivity contribution in [2.24, 2.45) is 0 Å². The van der Waals surface area contributed by atoms with Crippen molar-refractivity contribution in [3.63, 3.8) is 0 Å². The summed E-state index contributed by atoms with van der Waals surface area (Å²) in [6, 6.07) is 8.58. The molecule has 1 aromatic heterocycles. The van der Waals surface area contributed by atoms with Crippen molar-refractivity contribution in [2.75, 3.05) is 20.2 Å². The first-order valence-corrected chi connectivity index (χ1v) is 8.12. The van der Waals surface area contributed by atoms with E-state index in [1.807, 2.05) is 18.3 Å². The molecule has 1 saturated heterocycles. The SMILES string of the molecule is CC(=O)O.CC(=O)O.COc1ccc(-c2nccn2[C@@H]2CCNC2)cc1. The Hall–Kier alpha value is -2.87. The van der Waals surface area contributed by atoms with Gasteiger partial charge in [0.05, 0.1) is 7.11 Å². The number of hydrogen-bond donors (Lipinski definition) is 3. The molecule has 8 nitrogen and oxygen atoms in total. The van der Waals surface area contributed by atoms with E-state index in [9.17, 15) is 0 Å². The number of rotatable bonds is 3. The Labute approximate surface area is 152 Å².